The molecule has 0 saturated heterocycles. The zero-order valence-corrected chi connectivity index (χ0v) is 14.3. The maximum Gasteiger partial charge on any atom is 0.365 e. The fraction of sp³-hybridized carbons (Fsp3) is 0.0952. The van der Waals surface area contributed by atoms with Crippen molar-refractivity contribution in [3.05, 3.63) is 88.7 Å². The molecule has 26 heavy (non-hydrogen) atoms. The van der Waals surface area contributed by atoms with Crippen LogP contribution in [0.3, 0.4) is 0 Å². The predicted molar refractivity (Wildman–Crippen MR) is 97.3 cm³/mol. The third kappa shape index (κ3) is 2.54. The SMILES string of the molecule is CCc1c([O-])[n+](-c2ccccc2)c2ccc(-c3ccccc3)nn2c1=O. The number of rotatable bonds is 3. The molecule has 4 rings (SSSR count). The van der Waals surface area contributed by atoms with Crippen LogP contribution in [0.15, 0.2) is 77.6 Å². The van der Waals surface area contributed by atoms with Crippen molar-refractivity contribution in [2.75, 3.05) is 0 Å². The molecule has 0 atom stereocenters. The molecule has 0 aliphatic rings. The van der Waals surface area contributed by atoms with Crippen LogP contribution >= 0.6 is 0 Å². The van der Waals surface area contributed by atoms with Gasteiger partial charge in [0.15, 0.2) is 0 Å². The van der Waals surface area contributed by atoms with Gasteiger partial charge in [-0.3, -0.25) is 0 Å². The van der Waals surface area contributed by atoms with Crippen LogP contribution in [0.4, 0.5) is 0 Å². The Morgan fingerprint density at radius 2 is 1.62 bits per heavy atom. The molecule has 0 amide bonds. The first kappa shape index (κ1) is 16.0. The lowest BCUT2D eigenvalue weighted by Gasteiger charge is -2.15. The lowest BCUT2D eigenvalue weighted by molar-refractivity contribution is -0.632. The van der Waals surface area contributed by atoms with Gasteiger partial charge in [0.05, 0.1) is 11.4 Å². The molecular weight excluding hydrogens is 326 g/mol. The average Bonchev–Trinajstić information content (AvgIpc) is 2.70. The van der Waals surface area contributed by atoms with Crippen molar-refractivity contribution in [2.24, 2.45) is 0 Å². The van der Waals surface area contributed by atoms with Crippen molar-refractivity contribution in [1.29, 1.82) is 0 Å². The molecule has 0 unspecified atom stereocenters. The lowest BCUT2D eigenvalue weighted by atomic mass is 10.1. The van der Waals surface area contributed by atoms with Crippen LogP contribution in [0.1, 0.15) is 12.5 Å². The van der Waals surface area contributed by atoms with Crippen LogP contribution < -0.4 is 15.2 Å². The highest BCUT2D eigenvalue weighted by atomic mass is 16.3. The molecule has 0 N–H and O–H groups in total. The summed E-state index contributed by atoms with van der Waals surface area (Å²) in [6, 6.07) is 22.5. The van der Waals surface area contributed by atoms with E-state index >= 15 is 0 Å². The predicted octanol–water partition coefficient (Wildman–Crippen LogP) is 2.27. The summed E-state index contributed by atoms with van der Waals surface area (Å²) in [4.78, 5) is 12.8. The van der Waals surface area contributed by atoms with Gasteiger partial charge in [0.25, 0.3) is 0 Å². The van der Waals surface area contributed by atoms with E-state index in [0.29, 0.717) is 23.4 Å². The number of fused-ring (bicyclic) bond motifs is 1. The quantitative estimate of drug-likeness (QED) is 0.536. The zero-order chi connectivity index (χ0) is 18.1. The van der Waals surface area contributed by atoms with Crippen LogP contribution in [0.25, 0.3) is 22.6 Å². The smallest absolute Gasteiger partial charge is 0.365 e. The average molecular weight is 343 g/mol. The van der Waals surface area contributed by atoms with Gasteiger partial charge >= 0.3 is 11.2 Å². The Kier molecular flexibility index (Phi) is 3.97. The zero-order valence-electron chi connectivity index (χ0n) is 14.3. The van der Waals surface area contributed by atoms with Crippen LogP contribution in [0, 0.1) is 0 Å². The molecule has 0 bridgehead atoms. The molecule has 0 spiro atoms. The molecule has 0 fully saturated rings. The van der Waals surface area contributed by atoms with Crippen LogP contribution in [-0.4, -0.2) is 9.61 Å². The minimum absolute atomic E-state index is 0.226. The topological polar surface area (TPSA) is 61.3 Å². The molecule has 0 aliphatic heterocycles. The summed E-state index contributed by atoms with van der Waals surface area (Å²) in [5.74, 6) is -0.294. The number of para-hydroxylation sites is 1. The first-order chi connectivity index (χ1) is 12.7. The van der Waals surface area contributed by atoms with Crippen molar-refractivity contribution in [3.63, 3.8) is 0 Å². The third-order valence-electron chi connectivity index (χ3n) is 4.39. The van der Waals surface area contributed by atoms with Crippen molar-refractivity contribution >= 4 is 5.65 Å². The third-order valence-corrected chi connectivity index (χ3v) is 4.39. The van der Waals surface area contributed by atoms with Gasteiger partial charge in [0, 0.05) is 11.6 Å². The van der Waals surface area contributed by atoms with Crippen molar-refractivity contribution in [3.8, 4) is 22.8 Å². The highest BCUT2D eigenvalue weighted by Crippen LogP contribution is 2.17. The summed E-state index contributed by atoms with van der Waals surface area (Å²) in [5.41, 5.74) is 2.61. The number of hydrogen-bond acceptors (Lipinski definition) is 3. The number of benzene rings is 2. The van der Waals surface area contributed by atoms with E-state index < -0.39 is 0 Å². The Bertz CT molecular complexity index is 1140. The summed E-state index contributed by atoms with van der Waals surface area (Å²) < 4.78 is 2.87. The monoisotopic (exact) mass is 343 g/mol. The van der Waals surface area contributed by atoms with Crippen LogP contribution in [-0.2, 0) is 6.42 Å². The van der Waals surface area contributed by atoms with Gasteiger partial charge in [0.2, 0.25) is 0 Å². The van der Waals surface area contributed by atoms with Crippen molar-refractivity contribution in [1.82, 2.24) is 9.61 Å². The molecule has 0 radical (unpaired) electrons. The molecule has 0 saturated carbocycles. The minimum atomic E-state index is -0.363. The number of nitrogens with zero attached hydrogens (tertiary/aromatic N) is 3. The minimum Gasteiger partial charge on any atom is -0.842 e. The van der Waals surface area contributed by atoms with E-state index in [2.05, 4.69) is 5.10 Å². The summed E-state index contributed by atoms with van der Waals surface area (Å²) >= 11 is 0. The second-order valence-electron chi connectivity index (χ2n) is 5.97. The maximum absolute atomic E-state index is 12.9. The Morgan fingerprint density at radius 3 is 2.27 bits per heavy atom. The van der Waals surface area contributed by atoms with Gasteiger partial charge < -0.3 is 5.11 Å². The van der Waals surface area contributed by atoms with Gasteiger partial charge in [-0.1, -0.05) is 65.1 Å². The molecule has 2 heterocycles. The maximum atomic E-state index is 12.9. The molecule has 128 valence electrons. The molecule has 2 aromatic heterocycles. The van der Waals surface area contributed by atoms with E-state index in [4.69, 9.17) is 0 Å². The van der Waals surface area contributed by atoms with Crippen molar-refractivity contribution in [2.45, 2.75) is 13.3 Å². The molecular formula is C21H17N3O2. The van der Waals surface area contributed by atoms with Gasteiger partial charge in [-0.2, -0.15) is 0 Å². The lowest BCUT2D eigenvalue weighted by Crippen LogP contribution is -2.43. The molecule has 4 aromatic rings. The number of hydrogen-bond donors (Lipinski definition) is 0. The molecule has 2 aromatic carbocycles. The highest BCUT2D eigenvalue weighted by Gasteiger charge is 2.21. The summed E-state index contributed by atoms with van der Waals surface area (Å²) in [6.45, 7) is 1.81. The summed E-state index contributed by atoms with van der Waals surface area (Å²) in [7, 11) is 0. The first-order valence-corrected chi connectivity index (χ1v) is 8.49. The standard InChI is InChI=1S/C21H17N3O2/c1-2-17-20(25)23(16-11-7-4-8-12-16)19-14-13-18(22-24(19)21(17)26)15-9-5-3-6-10-15/h3-14H,2H2,1H3. The van der Waals surface area contributed by atoms with E-state index in [1.807, 2.05) is 66.7 Å². The van der Waals surface area contributed by atoms with Crippen LogP contribution in [0.5, 0.6) is 5.88 Å². The first-order valence-electron chi connectivity index (χ1n) is 8.49. The highest BCUT2D eigenvalue weighted by molar-refractivity contribution is 5.59. The summed E-state index contributed by atoms with van der Waals surface area (Å²) in [6.07, 6.45) is 0.352. The largest absolute Gasteiger partial charge is 0.842 e. The van der Waals surface area contributed by atoms with Crippen molar-refractivity contribution < 1.29 is 9.67 Å². The Labute approximate surface area is 150 Å². The normalized spacial score (nSPS) is 11.0. The van der Waals surface area contributed by atoms with Gasteiger partial charge in [-0.05, 0) is 24.6 Å². The van der Waals surface area contributed by atoms with Gasteiger partial charge in [-0.25, -0.2) is 9.36 Å². The van der Waals surface area contributed by atoms with E-state index in [-0.39, 0.29) is 17.0 Å². The van der Waals surface area contributed by atoms with E-state index in [1.165, 1.54) is 4.52 Å². The van der Waals surface area contributed by atoms with Crippen LogP contribution in [0.2, 0.25) is 0 Å². The second kappa shape index (κ2) is 6.44. The Balaban J connectivity index is 2.08. The van der Waals surface area contributed by atoms with Gasteiger partial charge in [0.1, 0.15) is 11.4 Å². The fourth-order valence-electron chi connectivity index (χ4n) is 3.09. The Morgan fingerprint density at radius 1 is 0.962 bits per heavy atom. The number of aromatic nitrogens is 3. The van der Waals surface area contributed by atoms with Gasteiger partial charge in [-0.15, -0.1) is 0 Å². The summed E-state index contributed by atoms with van der Waals surface area (Å²) in [5, 5.41) is 17.4. The van der Waals surface area contributed by atoms with E-state index in [0.717, 1.165) is 5.56 Å². The van der Waals surface area contributed by atoms with E-state index in [1.54, 1.807) is 17.6 Å². The molecule has 0 aliphatic carbocycles. The second-order valence-corrected chi connectivity index (χ2v) is 5.97. The molecule has 5 heteroatoms. The Hall–Kier alpha value is -3.47. The van der Waals surface area contributed by atoms with E-state index in [9.17, 15) is 9.90 Å². The molecule has 5 nitrogen and oxygen atoms in total. The fourth-order valence-corrected chi connectivity index (χ4v) is 3.09.